The largest absolute Gasteiger partial charge is 0.467 e. The van der Waals surface area contributed by atoms with Crippen LogP contribution in [0, 0.1) is 0 Å². The predicted octanol–water partition coefficient (Wildman–Crippen LogP) is 3.67. The van der Waals surface area contributed by atoms with Crippen molar-refractivity contribution in [1.29, 1.82) is 0 Å². The Morgan fingerprint density at radius 1 is 1.24 bits per heavy atom. The van der Waals surface area contributed by atoms with E-state index < -0.39 is 0 Å². The number of anilines is 1. The number of benzene rings is 1. The van der Waals surface area contributed by atoms with Gasteiger partial charge in [-0.2, -0.15) is 10.1 Å². The summed E-state index contributed by atoms with van der Waals surface area (Å²) >= 11 is 5.96. The van der Waals surface area contributed by atoms with Crippen molar-refractivity contribution in [1.82, 2.24) is 14.8 Å². The number of hydrogen-bond donors (Lipinski definition) is 1. The molecule has 0 bridgehead atoms. The van der Waals surface area contributed by atoms with Crippen LogP contribution in [0.5, 0.6) is 0 Å². The highest BCUT2D eigenvalue weighted by atomic mass is 35.5. The lowest BCUT2D eigenvalue weighted by molar-refractivity contribution is 0.358. The molecule has 6 heteroatoms. The Kier molecular flexibility index (Phi) is 2.93. The Balaban J connectivity index is 1.72. The maximum Gasteiger partial charge on any atom is 0.222 e. The van der Waals surface area contributed by atoms with Crippen LogP contribution < -0.4 is 5.32 Å². The molecule has 2 aromatic heterocycles. The van der Waals surface area contributed by atoms with Gasteiger partial charge in [0, 0.05) is 11.4 Å². The van der Waals surface area contributed by atoms with Gasteiger partial charge < -0.3 is 9.73 Å². The molecular formula is C15H13ClN4O. The lowest BCUT2D eigenvalue weighted by atomic mass is 9.96. The van der Waals surface area contributed by atoms with Gasteiger partial charge >= 0.3 is 0 Å². The maximum absolute atomic E-state index is 5.96. The Morgan fingerprint density at radius 3 is 2.86 bits per heavy atom. The average molecular weight is 301 g/mol. The zero-order valence-corrected chi connectivity index (χ0v) is 11.9. The number of nitrogens with zero attached hydrogens (tertiary/aromatic N) is 3. The summed E-state index contributed by atoms with van der Waals surface area (Å²) in [5, 5.41) is 8.44. The van der Waals surface area contributed by atoms with E-state index in [1.165, 1.54) is 5.56 Å². The summed E-state index contributed by atoms with van der Waals surface area (Å²) in [7, 11) is 0. The van der Waals surface area contributed by atoms with E-state index in [-0.39, 0.29) is 12.1 Å². The van der Waals surface area contributed by atoms with Crippen LogP contribution in [-0.4, -0.2) is 14.8 Å². The van der Waals surface area contributed by atoms with E-state index in [9.17, 15) is 0 Å². The zero-order chi connectivity index (χ0) is 14.2. The van der Waals surface area contributed by atoms with Crippen LogP contribution in [0.1, 0.15) is 29.8 Å². The van der Waals surface area contributed by atoms with E-state index in [2.05, 4.69) is 15.4 Å². The fourth-order valence-electron chi connectivity index (χ4n) is 2.75. The zero-order valence-electron chi connectivity index (χ0n) is 11.1. The first-order valence-electron chi connectivity index (χ1n) is 6.76. The van der Waals surface area contributed by atoms with E-state index >= 15 is 0 Å². The molecule has 4 rings (SSSR count). The van der Waals surface area contributed by atoms with Crippen molar-refractivity contribution in [2.45, 2.75) is 18.5 Å². The van der Waals surface area contributed by atoms with Crippen molar-refractivity contribution in [2.24, 2.45) is 0 Å². The van der Waals surface area contributed by atoms with Crippen LogP contribution in [0.15, 0.2) is 53.4 Å². The van der Waals surface area contributed by atoms with Crippen molar-refractivity contribution in [3.8, 4) is 0 Å². The fraction of sp³-hybridized carbons (Fsp3) is 0.200. The highest BCUT2D eigenvalue weighted by molar-refractivity contribution is 6.30. The van der Waals surface area contributed by atoms with Gasteiger partial charge in [-0.25, -0.2) is 4.68 Å². The van der Waals surface area contributed by atoms with Gasteiger partial charge in [0.1, 0.15) is 18.1 Å². The summed E-state index contributed by atoms with van der Waals surface area (Å²) in [5.41, 5.74) is 1.17. The summed E-state index contributed by atoms with van der Waals surface area (Å²) in [6, 6.07) is 11.9. The third-order valence-corrected chi connectivity index (χ3v) is 4.03. The molecule has 106 valence electrons. The number of nitrogens with one attached hydrogen (secondary N) is 1. The number of fused-ring (bicyclic) bond motifs is 1. The molecule has 0 unspecified atom stereocenters. The normalized spacial score (nSPS) is 20.8. The van der Waals surface area contributed by atoms with Crippen LogP contribution >= 0.6 is 11.6 Å². The van der Waals surface area contributed by atoms with Gasteiger partial charge in [0.05, 0.1) is 12.3 Å². The average Bonchev–Trinajstić information content (AvgIpc) is 3.18. The molecule has 0 saturated heterocycles. The molecule has 0 spiro atoms. The first-order chi connectivity index (χ1) is 10.3. The predicted molar refractivity (Wildman–Crippen MR) is 79.3 cm³/mol. The monoisotopic (exact) mass is 300 g/mol. The molecule has 3 heterocycles. The summed E-state index contributed by atoms with van der Waals surface area (Å²) in [5.74, 6) is 1.64. The third kappa shape index (κ3) is 2.19. The molecule has 1 aliphatic heterocycles. The topological polar surface area (TPSA) is 55.9 Å². The van der Waals surface area contributed by atoms with Gasteiger partial charge in [0.15, 0.2) is 0 Å². The number of furan rings is 1. The number of halogens is 1. The summed E-state index contributed by atoms with van der Waals surface area (Å²) in [6.07, 6.45) is 4.08. The molecule has 0 saturated carbocycles. The SMILES string of the molecule is Clc1ccc([C@H]2C[C@@H](c3ccco3)n3ncnc3N2)cc1. The van der Waals surface area contributed by atoms with Gasteiger partial charge in [-0.1, -0.05) is 23.7 Å². The number of hydrogen-bond acceptors (Lipinski definition) is 4. The number of rotatable bonds is 2. The molecule has 1 aliphatic rings. The van der Waals surface area contributed by atoms with Crippen molar-refractivity contribution < 1.29 is 4.42 Å². The molecule has 1 aromatic carbocycles. The van der Waals surface area contributed by atoms with Crippen molar-refractivity contribution >= 4 is 17.5 Å². The number of aromatic nitrogens is 3. The van der Waals surface area contributed by atoms with E-state index in [0.29, 0.717) is 0 Å². The molecule has 0 radical (unpaired) electrons. The van der Waals surface area contributed by atoms with E-state index in [1.54, 1.807) is 12.6 Å². The highest BCUT2D eigenvalue weighted by Gasteiger charge is 2.31. The fourth-order valence-corrected chi connectivity index (χ4v) is 2.88. The Hall–Kier alpha value is -2.27. The second-order valence-electron chi connectivity index (χ2n) is 5.04. The molecule has 0 aliphatic carbocycles. The molecular weight excluding hydrogens is 288 g/mol. The van der Waals surface area contributed by atoms with Gasteiger partial charge in [0.2, 0.25) is 5.95 Å². The van der Waals surface area contributed by atoms with Gasteiger partial charge in [-0.15, -0.1) is 0 Å². The lowest BCUT2D eigenvalue weighted by Gasteiger charge is -2.30. The Labute approximate surface area is 126 Å². The molecule has 3 aromatic rings. The molecule has 5 nitrogen and oxygen atoms in total. The molecule has 0 fully saturated rings. The second-order valence-corrected chi connectivity index (χ2v) is 5.48. The van der Waals surface area contributed by atoms with Gasteiger partial charge in [0.25, 0.3) is 0 Å². The van der Waals surface area contributed by atoms with Crippen LogP contribution in [0.25, 0.3) is 0 Å². The first-order valence-corrected chi connectivity index (χ1v) is 7.14. The van der Waals surface area contributed by atoms with Crippen LogP contribution in [0.4, 0.5) is 5.95 Å². The van der Waals surface area contributed by atoms with Crippen molar-refractivity contribution in [3.05, 3.63) is 65.3 Å². The maximum atomic E-state index is 5.96. The minimum Gasteiger partial charge on any atom is -0.467 e. The van der Waals surface area contributed by atoms with E-state index in [0.717, 1.165) is 23.2 Å². The van der Waals surface area contributed by atoms with Gasteiger partial charge in [-0.3, -0.25) is 0 Å². The second kappa shape index (κ2) is 4.93. The van der Waals surface area contributed by atoms with Crippen LogP contribution in [0.3, 0.4) is 0 Å². The standard InChI is InChI=1S/C15H13ClN4O/c16-11-5-3-10(4-6-11)12-8-13(14-2-1-7-21-14)20-15(19-12)17-9-18-20/h1-7,9,12-13H,8H2,(H,17,18,19)/t12-,13+/m1/s1. The van der Waals surface area contributed by atoms with Crippen LogP contribution in [0.2, 0.25) is 5.02 Å². The molecule has 21 heavy (non-hydrogen) atoms. The minimum atomic E-state index is 0.0411. The minimum absolute atomic E-state index is 0.0411. The smallest absolute Gasteiger partial charge is 0.222 e. The highest BCUT2D eigenvalue weighted by Crippen LogP contribution is 2.37. The summed E-state index contributed by atoms with van der Waals surface area (Å²) in [6.45, 7) is 0. The molecule has 1 N–H and O–H groups in total. The summed E-state index contributed by atoms with van der Waals surface area (Å²) < 4.78 is 7.43. The lowest BCUT2D eigenvalue weighted by Crippen LogP contribution is -2.27. The van der Waals surface area contributed by atoms with E-state index in [4.69, 9.17) is 16.0 Å². The van der Waals surface area contributed by atoms with Gasteiger partial charge in [-0.05, 0) is 29.8 Å². The van der Waals surface area contributed by atoms with Crippen molar-refractivity contribution in [3.63, 3.8) is 0 Å². The molecule has 2 atom stereocenters. The van der Waals surface area contributed by atoms with E-state index in [1.807, 2.05) is 41.1 Å². The van der Waals surface area contributed by atoms with Crippen molar-refractivity contribution in [2.75, 3.05) is 5.32 Å². The van der Waals surface area contributed by atoms with Crippen LogP contribution in [-0.2, 0) is 0 Å². The summed E-state index contributed by atoms with van der Waals surface area (Å²) in [4.78, 5) is 4.28. The Bertz CT molecular complexity index is 735. The third-order valence-electron chi connectivity index (χ3n) is 3.77. The quantitative estimate of drug-likeness (QED) is 0.784. The Morgan fingerprint density at radius 2 is 2.10 bits per heavy atom. The molecule has 0 amide bonds. The first kappa shape index (κ1) is 12.5.